The average Bonchev–Trinajstić information content (AvgIpc) is 2.23. The largest absolute Gasteiger partial charge is 0.388 e. The molecule has 0 aromatic heterocycles. The Morgan fingerprint density at radius 3 is 2.65 bits per heavy atom. The molecular formula is C12H19NO4. The molecule has 2 fully saturated rings. The monoisotopic (exact) mass is 241 g/mol. The van der Waals surface area contributed by atoms with Gasteiger partial charge < -0.3 is 9.84 Å². The van der Waals surface area contributed by atoms with Crippen LogP contribution in [0.25, 0.3) is 0 Å². The van der Waals surface area contributed by atoms with Crippen molar-refractivity contribution in [3.63, 3.8) is 0 Å². The predicted octanol–water partition coefficient (Wildman–Crippen LogP) is 0.313. The maximum absolute atomic E-state index is 11.6. The van der Waals surface area contributed by atoms with Gasteiger partial charge in [-0.25, -0.2) is 0 Å². The van der Waals surface area contributed by atoms with E-state index in [1.165, 1.54) is 0 Å². The first-order valence-electron chi connectivity index (χ1n) is 6.13. The van der Waals surface area contributed by atoms with E-state index < -0.39 is 5.60 Å². The van der Waals surface area contributed by atoms with Gasteiger partial charge in [0.15, 0.2) is 0 Å². The van der Waals surface area contributed by atoms with Crippen molar-refractivity contribution >= 4 is 11.8 Å². The smallest absolute Gasteiger partial charge is 0.255 e. The molecule has 2 amide bonds. The second kappa shape index (κ2) is 4.74. The molecule has 0 spiro atoms. The number of carbonyl (C=O) groups is 2. The van der Waals surface area contributed by atoms with E-state index in [1.807, 2.05) is 0 Å². The van der Waals surface area contributed by atoms with Crippen molar-refractivity contribution in [2.24, 2.45) is 5.92 Å². The number of aliphatic hydroxyl groups is 1. The predicted molar refractivity (Wildman–Crippen MR) is 60.1 cm³/mol. The molecule has 5 nitrogen and oxygen atoms in total. The summed E-state index contributed by atoms with van der Waals surface area (Å²) in [6.07, 6.45) is 3.37. The van der Waals surface area contributed by atoms with Crippen LogP contribution in [0.2, 0.25) is 0 Å². The van der Waals surface area contributed by atoms with Crippen LogP contribution in [0.4, 0.5) is 0 Å². The normalized spacial score (nSPS) is 35.2. The Hall–Kier alpha value is -0.940. The number of amides is 2. The van der Waals surface area contributed by atoms with Gasteiger partial charge in [0.2, 0.25) is 0 Å². The van der Waals surface area contributed by atoms with Gasteiger partial charge in [0.1, 0.15) is 13.2 Å². The van der Waals surface area contributed by atoms with Crippen molar-refractivity contribution in [3.8, 4) is 0 Å². The van der Waals surface area contributed by atoms with E-state index in [4.69, 9.17) is 4.74 Å². The number of rotatable bonds is 2. The highest BCUT2D eigenvalue weighted by molar-refractivity contribution is 5.98. The summed E-state index contributed by atoms with van der Waals surface area (Å²) in [5, 5.41) is 10.4. The standard InChI is InChI=1S/C12H19NO4/c1-9-3-2-4-12(16,5-9)8-13-10(14)6-17-7-11(13)15/h9,16H,2-8H2,1H3. The van der Waals surface area contributed by atoms with Gasteiger partial charge in [0.05, 0.1) is 12.1 Å². The molecule has 2 unspecified atom stereocenters. The Morgan fingerprint density at radius 1 is 1.41 bits per heavy atom. The molecule has 0 aromatic carbocycles. The van der Waals surface area contributed by atoms with Crippen LogP contribution in [0.1, 0.15) is 32.6 Å². The van der Waals surface area contributed by atoms with Gasteiger partial charge in [-0.3, -0.25) is 14.5 Å². The summed E-state index contributed by atoms with van der Waals surface area (Å²) in [6.45, 7) is 2.10. The Kier molecular flexibility index (Phi) is 3.49. The number of ether oxygens (including phenoxy) is 1. The summed E-state index contributed by atoms with van der Waals surface area (Å²) in [5.74, 6) is -0.235. The van der Waals surface area contributed by atoms with Crippen LogP contribution >= 0.6 is 0 Å². The highest BCUT2D eigenvalue weighted by atomic mass is 16.5. The fourth-order valence-electron chi connectivity index (χ4n) is 2.77. The second-order valence-corrected chi connectivity index (χ2v) is 5.29. The maximum atomic E-state index is 11.6. The van der Waals surface area contributed by atoms with E-state index >= 15 is 0 Å². The van der Waals surface area contributed by atoms with Gasteiger partial charge in [-0.2, -0.15) is 0 Å². The molecule has 0 radical (unpaired) electrons. The number of hydrogen-bond donors (Lipinski definition) is 1. The number of imide groups is 1. The molecule has 2 aliphatic rings. The summed E-state index contributed by atoms with van der Waals surface area (Å²) in [7, 11) is 0. The molecular weight excluding hydrogens is 222 g/mol. The van der Waals surface area contributed by atoms with E-state index in [2.05, 4.69) is 6.92 Å². The van der Waals surface area contributed by atoms with Crippen molar-refractivity contribution in [1.29, 1.82) is 0 Å². The van der Waals surface area contributed by atoms with Gasteiger partial charge in [-0.05, 0) is 18.8 Å². The molecule has 1 N–H and O–H groups in total. The molecule has 5 heteroatoms. The molecule has 1 aliphatic heterocycles. The zero-order valence-electron chi connectivity index (χ0n) is 10.1. The summed E-state index contributed by atoms with van der Waals surface area (Å²) in [5.41, 5.74) is -0.902. The SMILES string of the molecule is CC1CCCC(O)(CN2C(=O)COCC2=O)C1. The maximum Gasteiger partial charge on any atom is 0.255 e. The van der Waals surface area contributed by atoms with Gasteiger partial charge in [-0.15, -0.1) is 0 Å². The minimum absolute atomic E-state index is 0.0582. The lowest BCUT2D eigenvalue weighted by Gasteiger charge is -2.39. The molecule has 17 heavy (non-hydrogen) atoms. The molecule has 2 rings (SSSR count). The fourth-order valence-corrected chi connectivity index (χ4v) is 2.77. The number of nitrogens with zero attached hydrogens (tertiary/aromatic N) is 1. The van der Waals surface area contributed by atoms with E-state index in [0.717, 1.165) is 17.7 Å². The Bertz CT molecular complexity index is 314. The van der Waals surface area contributed by atoms with Crippen molar-refractivity contribution in [1.82, 2.24) is 4.90 Å². The van der Waals surface area contributed by atoms with Crippen LogP contribution in [0.5, 0.6) is 0 Å². The summed E-state index contributed by atoms with van der Waals surface area (Å²) < 4.78 is 4.85. The third-order valence-electron chi connectivity index (χ3n) is 3.57. The quantitative estimate of drug-likeness (QED) is 0.707. The average molecular weight is 241 g/mol. The van der Waals surface area contributed by atoms with Crippen molar-refractivity contribution in [3.05, 3.63) is 0 Å². The van der Waals surface area contributed by atoms with E-state index in [1.54, 1.807) is 0 Å². The number of morpholine rings is 1. The Morgan fingerprint density at radius 2 is 2.06 bits per heavy atom. The Balaban J connectivity index is 2.03. The summed E-state index contributed by atoms with van der Waals surface area (Å²) >= 11 is 0. The van der Waals surface area contributed by atoms with Crippen molar-refractivity contribution in [2.45, 2.75) is 38.2 Å². The lowest BCUT2D eigenvalue weighted by atomic mass is 9.78. The van der Waals surface area contributed by atoms with E-state index in [0.29, 0.717) is 18.8 Å². The van der Waals surface area contributed by atoms with E-state index in [-0.39, 0.29) is 31.6 Å². The number of hydrogen-bond acceptors (Lipinski definition) is 4. The molecule has 1 aliphatic carbocycles. The highest BCUT2D eigenvalue weighted by Gasteiger charge is 2.38. The van der Waals surface area contributed by atoms with Gasteiger partial charge in [0, 0.05) is 0 Å². The second-order valence-electron chi connectivity index (χ2n) is 5.29. The third kappa shape index (κ3) is 2.84. The van der Waals surface area contributed by atoms with Crippen LogP contribution in [-0.4, -0.2) is 47.2 Å². The molecule has 0 aromatic rings. The fraction of sp³-hybridized carbons (Fsp3) is 0.833. The zero-order valence-corrected chi connectivity index (χ0v) is 10.1. The molecule has 1 saturated heterocycles. The molecule has 1 heterocycles. The lowest BCUT2D eigenvalue weighted by molar-refractivity contribution is -0.164. The van der Waals surface area contributed by atoms with Crippen LogP contribution < -0.4 is 0 Å². The first kappa shape index (κ1) is 12.5. The van der Waals surface area contributed by atoms with Crippen LogP contribution in [0, 0.1) is 5.92 Å². The minimum Gasteiger partial charge on any atom is -0.388 e. The third-order valence-corrected chi connectivity index (χ3v) is 3.57. The van der Waals surface area contributed by atoms with Crippen LogP contribution in [-0.2, 0) is 14.3 Å². The molecule has 2 atom stereocenters. The van der Waals surface area contributed by atoms with Crippen molar-refractivity contribution < 1.29 is 19.4 Å². The Labute approximate surface area is 101 Å². The molecule has 1 saturated carbocycles. The summed E-state index contributed by atoms with van der Waals surface area (Å²) in [4.78, 5) is 24.3. The van der Waals surface area contributed by atoms with Crippen molar-refractivity contribution in [2.75, 3.05) is 19.8 Å². The molecule has 0 bridgehead atoms. The first-order valence-corrected chi connectivity index (χ1v) is 6.13. The van der Waals surface area contributed by atoms with Gasteiger partial charge >= 0.3 is 0 Å². The van der Waals surface area contributed by atoms with Gasteiger partial charge in [-0.1, -0.05) is 19.8 Å². The topological polar surface area (TPSA) is 66.8 Å². The van der Waals surface area contributed by atoms with Gasteiger partial charge in [0.25, 0.3) is 11.8 Å². The first-order chi connectivity index (χ1) is 8.00. The molecule has 96 valence electrons. The highest BCUT2D eigenvalue weighted by Crippen LogP contribution is 2.33. The summed E-state index contributed by atoms with van der Waals surface area (Å²) in [6, 6.07) is 0. The minimum atomic E-state index is -0.902. The number of β-amino-alcohol motifs (C(OH)–C–C–N with tert-alkyl or cyclic N) is 1. The zero-order chi connectivity index (χ0) is 12.5. The van der Waals surface area contributed by atoms with Crippen LogP contribution in [0.15, 0.2) is 0 Å². The lowest BCUT2D eigenvalue weighted by Crippen LogP contribution is -2.54. The van der Waals surface area contributed by atoms with E-state index in [9.17, 15) is 14.7 Å². The van der Waals surface area contributed by atoms with Crippen LogP contribution in [0.3, 0.4) is 0 Å². The number of carbonyl (C=O) groups excluding carboxylic acids is 2.